The van der Waals surface area contributed by atoms with Crippen molar-refractivity contribution < 1.29 is 14.6 Å². The van der Waals surface area contributed by atoms with Crippen molar-refractivity contribution in [1.82, 2.24) is 0 Å². The fourth-order valence-electron chi connectivity index (χ4n) is 7.99. The Labute approximate surface area is 156 Å². The van der Waals surface area contributed by atoms with Crippen molar-refractivity contribution in [2.45, 2.75) is 77.4 Å². The third kappa shape index (κ3) is 2.01. The average molecular weight is 357 g/mol. The summed E-state index contributed by atoms with van der Waals surface area (Å²) in [5, 5.41) is 11.5. The summed E-state index contributed by atoms with van der Waals surface area (Å²) in [5.74, 6) is 2.63. The van der Waals surface area contributed by atoms with E-state index >= 15 is 0 Å². The molecule has 7 aliphatic rings. The van der Waals surface area contributed by atoms with Crippen LogP contribution in [-0.2, 0) is 9.53 Å². The highest BCUT2D eigenvalue weighted by Gasteiger charge is 2.76. The predicted molar refractivity (Wildman–Crippen MR) is 100 cm³/mol. The minimum Gasteiger partial charge on any atom is -0.455 e. The number of allylic oxidation sites excluding steroid dienone is 2. The van der Waals surface area contributed by atoms with E-state index in [1.807, 2.05) is 33.8 Å². The maximum absolute atomic E-state index is 13.2. The molecule has 4 atom stereocenters. The normalized spacial score (nSPS) is 49.3. The van der Waals surface area contributed by atoms with E-state index in [1.54, 1.807) is 0 Å². The number of carbonyl (C=O) groups is 1. The largest absolute Gasteiger partial charge is 0.455 e. The quantitative estimate of drug-likeness (QED) is 0.463. The number of hydrogen-bond donors (Lipinski definition) is 1. The summed E-state index contributed by atoms with van der Waals surface area (Å²) in [5.41, 5.74) is 2.12. The molecule has 8 bridgehead atoms. The zero-order valence-corrected chi connectivity index (χ0v) is 16.5. The average Bonchev–Trinajstić information content (AvgIpc) is 2.56. The molecule has 0 spiro atoms. The van der Waals surface area contributed by atoms with Crippen LogP contribution < -0.4 is 0 Å². The molecule has 0 saturated heterocycles. The molecular formula is C23H32O3. The molecule has 0 aromatic rings. The Hall–Kier alpha value is -1.09. The van der Waals surface area contributed by atoms with Crippen LogP contribution in [0, 0.1) is 35.5 Å². The maximum Gasteiger partial charge on any atom is 0.338 e. The Balaban J connectivity index is 1.53. The van der Waals surface area contributed by atoms with Crippen LogP contribution in [0.25, 0.3) is 0 Å². The molecule has 7 rings (SSSR count). The van der Waals surface area contributed by atoms with Gasteiger partial charge in [-0.3, -0.25) is 0 Å². The van der Waals surface area contributed by atoms with Gasteiger partial charge in [-0.25, -0.2) is 4.79 Å². The first-order valence-corrected chi connectivity index (χ1v) is 10.5. The number of rotatable bonds is 3. The molecule has 7 fully saturated rings. The van der Waals surface area contributed by atoms with Gasteiger partial charge in [-0.2, -0.15) is 0 Å². The van der Waals surface area contributed by atoms with Crippen molar-refractivity contribution >= 4 is 5.97 Å². The lowest BCUT2D eigenvalue weighted by molar-refractivity contribution is -0.343. The molecule has 0 aromatic carbocycles. The number of carbonyl (C=O) groups excluding carboxylic acids is 1. The summed E-state index contributed by atoms with van der Waals surface area (Å²) in [7, 11) is 0. The molecule has 7 saturated carbocycles. The van der Waals surface area contributed by atoms with Crippen molar-refractivity contribution in [2.24, 2.45) is 35.5 Å². The fourth-order valence-corrected chi connectivity index (χ4v) is 7.99. The molecule has 0 heterocycles. The lowest BCUT2D eigenvalue weighted by atomic mass is 9.32. The standard InChI is InChI=1S/C23H32O3/c1-12(2)5-16(13(3)4)21(24)26-23-11-15-6-17-19(23)8-14-9-20(23)18(7-15)22(17,25)10-14/h5,14-15,17-20,25H,6-11H2,1-4H3. The van der Waals surface area contributed by atoms with Crippen molar-refractivity contribution in [2.75, 3.05) is 0 Å². The molecule has 3 nitrogen and oxygen atoms in total. The second-order valence-corrected chi connectivity index (χ2v) is 10.5. The van der Waals surface area contributed by atoms with E-state index in [2.05, 4.69) is 0 Å². The first-order valence-electron chi connectivity index (χ1n) is 10.5. The lowest BCUT2D eigenvalue weighted by Crippen LogP contribution is -2.78. The van der Waals surface area contributed by atoms with Gasteiger partial charge in [-0.15, -0.1) is 0 Å². The predicted octanol–water partition coefficient (Wildman–Crippen LogP) is 4.41. The van der Waals surface area contributed by atoms with Crippen LogP contribution in [0.1, 0.15) is 66.2 Å². The van der Waals surface area contributed by atoms with Crippen LogP contribution in [0.2, 0.25) is 0 Å². The monoisotopic (exact) mass is 356 g/mol. The lowest BCUT2D eigenvalue weighted by Gasteiger charge is -2.75. The van der Waals surface area contributed by atoms with Crippen LogP contribution in [0.15, 0.2) is 22.8 Å². The first kappa shape index (κ1) is 17.0. The number of esters is 1. The van der Waals surface area contributed by atoms with Crippen LogP contribution in [0.3, 0.4) is 0 Å². The van der Waals surface area contributed by atoms with Gasteiger partial charge in [0.1, 0.15) is 5.60 Å². The van der Waals surface area contributed by atoms with Gasteiger partial charge in [-0.1, -0.05) is 11.1 Å². The van der Waals surface area contributed by atoms with Crippen LogP contribution in [-0.4, -0.2) is 22.3 Å². The second-order valence-electron chi connectivity index (χ2n) is 10.5. The Morgan fingerprint density at radius 3 is 2.00 bits per heavy atom. The summed E-state index contributed by atoms with van der Waals surface area (Å²) in [6.07, 6.45) is 8.63. The van der Waals surface area contributed by atoms with Gasteiger partial charge in [0, 0.05) is 11.8 Å². The van der Waals surface area contributed by atoms with E-state index < -0.39 is 5.60 Å². The smallest absolute Gasteiger partial charge is 0.338 e. The molecule has 0 aliphatic heterocycles. The molecule has 26 heavy (non-hydrogen) atoms. The topological polar surface area (TPSA) is 46.5 Å². The van der Waals surface area contributed by atoms with E-state index in [0.29, 0.717) is 35.5 Å². The summed E-state index contributed by atoms with van der Waals surface area (Å²) >= 11 is 0. The third-order valence-electron chi connectivity index (χ3n) is 8.56. The first-order chi connectivity index (χ1) is 12.2. The third-order valence-corrected chi connectivity index (χ3v) is 8.56. The van der Waals surface area contributed by atoms with E-state index in [0.717, 1.165) is 55.2 Å². The molecule has 7 aliphatic carbocycles. The van der Waals surface area contributed by atoms with Crippen molar-refractivity contribution in [1.29, 1.82) is 0 Å². The number of hydrogen-bond acceptors (Lipinski definition) is 3. The molecule has 0 aromatic heterocycles. The van der Waals surface area contributed by atoms with Crippen molar-refractivity contribution in [3.05, 3.63) is 22.8 Å². The summed E-state index contributed by atoms with van der Waals surface area (Å²) in [6, 6.07) is 0. The summed E-state index contributed by atoms with van der Waals surface area (Å²) in [4.78, 5) is 13.2. The maximum atomic E-state index is 13.2. The Bertz CT molecular complexity index is 698. The van der Waals surface area contributed by atoms with Gasteiger partial charge in [-0.05, 0) is 96.0 Å². The van der Waals surface area contributed by atoms with Gasteiger partial charge in [0.2, 0.25) is 0 Å². The van der Waals surface area contributed by atoms with Gasteiger partial charge >= 0.3 is 5.97 Å². The van der Waals surface area contributed by atoms with Gasteiger partial charge < -0.3 is 9.84 Å². The molecule has 0 radical (unpaired) electrons. The highest BCUT2D eigenvalue weighted by Crippen LogP contribution is 2.74. The zero-order valence-electron chi connectivity index (χ0n) is 16.5. The molecule has 1 N–H and O–H groups in total. The second kappa shape index (κ2) is 5.25. The Morgan fingerprint density at radius 1 is 0.923 bits per heavy atom. The van der Waals surface area contributed by atoms with E-state index in [9.17, 15) is 9.90 Å². The zero-order chi connectivity index (χ0) is 18.4. The summed E-state index contributed by atoms with van der Waals surface area (Å²) in [6.45, 7) is 8.04. The van der Waals surface area contributed by atoms with Crippen LogP contribution >= 0.6 is 0 Å². The molecular weight excluding hydrogens is 324 g/mol. The molecule has 142 valence electrons. The van der Waals surface area contributed by atoms with Crippen molar-refractivity contribution in [3.8, 4) is 0 Å². The highest BCUT2D eigenvalue weighted by molar-refractivity contribution is 5.92. The van der Waals surface area contributed by atoms with Crippen LogP contribution in [0.5, 0.6) is 0 Å². The SMILES string of the molecule is CC(C)=CC(C(=O)OC12CC3CC4C1CC1CC2C(C3)C4(O)C1)=C(C)C. The van der Waals surface area contributed by atoms with E-state index in [4.69, 9.17) is 4.74 Å². The fraction of sp³-hybridized carbons (Fsp3) is 0.783. The summed E-state index contributed by atoms with van der Waals surface area (Å²) < 4.78 is 6.50. The molecule has 0 amide bonds. The molecule has 3 heteroatoms. The number of ether oxygens (including phenoxy) is 1. The Morgan fingerprint density at radius 2 is 1.46 bits per heavy atom. The minimum atomic E-state index is -0.456. The van der Waals surface area contributed by atoms with E-state index in [-0.39, 0.29) is 11.6 Å². The minimum absolute atomic E-state index is 0.134. The highest BCUT2D eigenvalue weighted by atomic mass is 16.6. The van der Waals surface area contributed by atoms with Crippen LogP contribution in [0.4, 0.5) is 0 Å². The number of aliphatic hydroxyl groups is 1. The van der Waals surface area contributed by atoms with Gasteiger partial charge in [0.05, 0.1) is 11.2 Å². The van der Waals surface area contributed by atoms with Gasteiger partial charge in [0.25, 0.3) is 0 Å². The van der Waals surface area contributed by atoms with E-state index in [1.165, 1.54) is 0 Å². The van der Waals surface area contributed by atoms with Crippen molar-refractivity contribution in [3.63, 3.8) is 0 Å². The Kier molecular flexibility index (Phi) is 3.44. The van der Waals surface area contributed by atoms with Gasteiger partial charge in [0.15, 0.2) is 0 Å². The molecule has 4 unspecified atom stereocenters.